The molecule has 2 aliphatic heterocycles. The van der Waals surface area contributed by atoms with Crippen molar-refractivity contribution in [3.8, 4) is 0 Å². The van der Waals surface area contributed by atoms with Crippen LogP contribution in [0.5, 0.6) is 0 Å². The van der Waals surface area contributed by atoms with Crippen molar-refractivity contribution in [2.45, 2.75) is 179 Å². The maximum absolute atomic E-state index is 13.6. The molecular weight excluding hydrogens is 997 g/mol. The van der Waals surface area contributed by atoms with Crippen molar-refractivity contribution in [1.29, 1.82) is 0 Å². The molecule has 69 heavy (non-hydrogen) atoms. The van der Waals surface area contributed by atoms with E-state index in [0.29, 0.717) is 0 Å². The average molecular weight is 1070 g/mol. The number of nitro groups is 2. The van der Waals surface area contributed by atoms with Crippen LogP contribution in [-0.4, -0.2) is 146 Å². The minimum absolute atomic E-state index is 0.104. The van der Waals surface area contributed by atoms with Crippen LogP contribution in [-0.2, 0) is 50.2 Å². The molecule has 2 fully saturated rings. The molecule has 2 aromatic carbocycles. The van der Waals surface area contributed by atoms with E-state index in [9.17, 15) is 29.8 Å². The molecule has 0 N–H and O–H groups in total. The van der Waals surface area contributed by atoms with Crippen LogP contribution < -0.4 is 0 Å². The van der Waals surface area contributed by atoms with E-state index in [1.807, 2.05) is 78.6 Å². The monoisotopic (exact) mass is 1070 g/mol. The third kappa shape index (κ3) is 18.9. The lowest BCUT2D eigenvalue weighted by Gasteiger charge is -2.53. The minimum Gasteiger partial charge on any atom is -0.459 e. The van der Waals surface area contributed by atoms with Crippen LogP contribution in [0.25, 0.3) is 0 Å². The molecule has 0 saturated carbocycles. The van der Waals surface area contributed by atoms with Crippen LogP contribution in [0.2, 0.25) is 118 Å². The van der Waals surface area contributed by atoms with E-state index in [-0.39, 0.29) is 35.7 Å². The Morgan fingerprint density at radius 2 is 0.681 bits per heavy atom. The van der Waals surface area contributed by atoms with E-state index in [4.69, 9.17) is 50.2 Å². The summed E-state index contributed by atoms with van der Waals surface area (Å²) >= 11 is 0. The summed E-state index contributed by atoms with van der Waals surface area (Å²) < 4.78 is 74.9. The molecule has 0 amide bonds. The quantitative estimate of drug-likeness (QED) is 0.0464. The van der Waals surface area contributed by atoms with E-state index in [1.54, 1.807) is 0 Å². The van der Waals surface area contributed by atoms with Crippen molar-refractivity contribution >= 4 is 73.2 Å². The zero-order valence-corrected chi connectivity index (χ0v) is 49.6. The van der Waals surface area contributed by atoms with Gasteiger partial charge in [0, 0.05) is 24.3 Å². The maximum Gasteiger partial charge on any atom is 0.338 e. The summed E-state index contributed by atoms with van der Waals surface area (Å²) in [6.07, 6.45) is -9.51. The van der Waals surface area contributed by atoms with E-state index >= 15 is 0 Å². The van der Waals surface area contributed by atoms with Crippen LogP contribution in [0.4, 0.5) is 11.4 Å². The van der Waals surface area contributed by atoms with Gasteiger partial charge in [0.2, 0.25) is 0 Å². The van der Waals surface area contributed by atoms with Crippen molar-refractivity contribution in [1.82, 2.24) is 0 Å². The zero-order valence-electron chi connectivity index (χ0n) is 43.6. The number of hydrogen-bond donors (Lipinski definition) is 0. The first-order valence-corrected chi connectivity index (χ1v) is 43.7. The molecule has 2 saturated heterocycles. The summed E-state index contributed by atoms with van der Waals surface area (Å²) in [6, 6.07) is 10.2. The molecule has 10 atom stereocenters. The Morgan fingerprint density at radius 3 is 0.928 bits per heavy atom. The Bertz CT molecular complexity index is 1920. The summed E-state index contributed by atoms with van der Waals surface area (Å²) in [5, 5.41) is 22.7. The molecule has 19 nitrogen and oxygen atoms in total. The van der Waals surface area contributed by atoms with Gasteiger partial charge in [-0.2, -0.15) is 0 Å². The predicted molar refractivity (Wildman–Crippen MR) is 274 cm³/mol. The molecule has 2 aliphatic rings. The fourth-order valence-electron chi connectivity index (χ4n) is 7.55. The van der Waals surface area contributed by atoms with Crippen LogP contribution in [0.3, 0.4) is 0 Å². The second-order valence-electron chi connectivity index (χ2n) is 23.2. The molecule has 0 bridgehead atoms. The number of carbonyl (C=O) groups is 2. The van der Waals surface area contributed by atoms with Gasteiger partial charge < -0.3 is 50.2 Å². The van der Waals surface area contributed by atoms with Crippen molar-refractivity contribution in [3.63, 3.8) is 0 Å². The second kappa shape index (κ2) is 22.9. The number of ether oxygens (including phenoxy) is 5. The number of nitrogens with zero attached hydrogens (tertiary/aromatic N) is 2. The Morgan fingerprint density at radius 1 is 0.435 bits per heavy atom. The summed E-state index contributed by atoms with van der Waals surface area (Å²) in [6.45, 7) is 36.2. The van der Waals surface area contributed by atoms with Gasteiger partial charge in [0.05, 0.1) is 21.0 Å². The molecule has 0 spiro atoms. The third-order valence-electron chi connectivity index (χ3n) is 9.77. The van der Waals surface area contributed by atoms with Gasteiger partial charge in [-0.05, 0) is 142 Å². The highest BCUT2D eigenvalue weighted by Gasteiger charge is 2.57. The Labute approximate surface area is 413 Å². The Kier molecular flexibility index (Phi) is 19.5. The molecule has 0 aliphatic carbocycles. The van der Waals surface area contributed by atoms with Crippen LogP contribution in [0.1, 0.15) is 20.7 Å². The van der Waals surface area contributed by atoms with Crippen LogP contribution in [0, 0.1) is 20.2 Å². The van der Waals surface area contributed by atoms with Gasteiger partial charge >= 0.3 is 11.9 Å². The molecule has 0 radical (unpaired) electrons. The Hall–Kier alpha value is -2.88. The largest absolute Gasteiger partial charge is 0.459 e. The number of esters is 2. The number of nitro benzene ring substituents is 2. The fourth-order valence-corrected chi connectivity index (χ4v) is 14.0. The normalized spacial score (nSPS) is 26.3. The van der Waals surface area contributed by atoms with Gasteiger partial charge in [0.25, 0.3) is 11.4 Å². The smallest absolute Gasteiger partial charge is 0.338 e. The lowest BCUT2D eigenvalue weighted by atomic mass is 9.98. The lowest BCUT2D eigenvalue weighted by molar-refractivity contribution is -0.385. The molecular formula is C44H76N2O17Si6. The van der Waals surface area contributed by atoms with E-state index in [2.05, 4.69) is 39.3 Å². The number of rotatable bonds is 22. The molecule has 0 aromatic heterocycles. The third-order valence-corrected chi connectivity index (χ3v) is 15.6. The van der Waals surface area contributed by atoms with Gasteiger partial charge in [-0.3, -0.25) is 20.2 Å². The van der Waals surface area contributed by atoms with Crippen LogP contribution in [0.15, 0.2) is 48.5 Å². The van der Waals surface area contributed by atoms with Crippen molar-refractivity contribution in [3.05, 3.63) is 79.9 Å². The standard InChI is InChI=1S/C44H76N2O17Si6/c1-64(2,3)58-35-33(27-53-41(47)29-19-23-31(24-20-29)45(49)50)55-43(39(62-68(13,14)15)37(35)60-66(7,8)9)57-44-40(63-69(16,17)18)38(61-67(10,11)12)36(59-65(4,5)6)34(56-44)28-54-42(48)30-21-25-32(26-22-30)46(51)52/h19-26,33-40,43-44H,27-28H2,1-18H3/t33?,34?,35?,36?,37-,38-,39+,40?,43+,44+/m0/s1. The van der Waals surface area contributed by atoms with Crippen molar-refractivity contribution < 1.29 is 69.7 Å². The van der Waals surface area contributed by atoms with Gasteiger partial charge in [0.1, 0.15) is 62.0 Å². The van der Waals surface area contributed by atoms with Crippen molar-refractivity contribution in [2.24, 2.45) is 0 Å². The average Bonchev–Trinajstić information content (AvgIpc) is 3.18. The van der Waals surface area contributed by atoms with E-state index in [1.165, 1.54) is 48.5 Å². The van der Waals surface area contributed by atoms with E-state index < -0.39 is 133 Å². The first kappa shape index (κ1) is 58.7. The molecule has 25 heteroatoms. The van der Waals surface area contributed by atoms with Gasteiger partial charge in [-0.15, -0.1) is 0 Å². The highest BCUT2D eigenvalue weighted by molar-refractivity contribution is 6.71. The predicted octanol–water partition coefficient (Wildman–Crippen LogP) is 9.30. The topological polar surface area (TPSA) is 222 Å². The van der Waals surface area contributed by atoms with Gasteiger partial charge in [-0.1, -0.05) is 0 Å². The summed E-state index contributed by atoms with van der Waals surface area (Å²) in [4.78, 5) is 48.8. The number of benzene rings is 2. The molecule has 2 heterocycles. The van der Waals surface area contributed by atoms with Gasteiger partial charge in [-0.25, -0.2) is 9.59 Å². The first-order chi connectivity index (χ1) is 31.4. The maximum atomic E-state index is 13.6. The molecule has 4 rings (SSSR count). The van der Waals surface area contributed by atoms with Crippen LogP contribution >= 0.6 is 0 Å². The SMILES string of the molecule is C[Si](C)(C)OC1C(COC(=O)c2ccc([N+](=O)[O-])cc2)O[C@H](O[C@H]2OC(COC(=O)c3ccc([N+](=O)[O-])cc3)C(O[Si](C)(C)C)[C@H](O[Si](C)(C)C)[C@H]2O[Si](C)(C)C)C(O[Si](C)(C)C)[C@H]1O[Si](C)(C)C. The van der Waals surface area contributed by atoms with E-state index in [0.717, 1.165) is 0 Å². The number of non-ortho nitro benzene ring substituents is 2. The fraction of sp³-hybridized carbons (Fsp3) is 0.682. The van der Waals surface area contributed by atoms with Crippen molar-refractivity contribution in [2.75, 3.05) is 13.2 Å². The Balaban J connectivity index is 1.88. The minimum atomic E-state index is -2.49. The lowest BCUT2D eigenvalue weighted by Crippen LogP contribution is -2.69. The number of carbonyl (C=O) groups excluding carboxylic acids is 2. The summed E-state index contributed by atoms with van der Waals surface area (Å²) in [5.74, 6) is -1.46. The second-order valence-corrected chi connectivity index (χ2v) is 50.0. The summed E-state index contributed by atoms with van der Waals surface area (Å²) in [5.41, 5.74) is -0.139. The highest BCUT2D eigenvalue weighted by Crippen LogP contribution is 2.39. The first-order valence-electron chi connectivity index (χ1n) is 23.3. The highest BCUT2D eigenvalue weighted by atomic mass is 28.4. The zero-order chi connectivity index (χ0) is 52.2. The molecule has 2 aromatic rings. The van der Waals surface area contributed by atoms with Gasteiger partial charge in [0.15, 0.2) is 62.5 Å². The number of hydrogen-bond acceptors (Lipinski definition) is 17. The molecule has 388 valence electrons. The summed E-state index contributed by atoms with van der Waals surface area (Å²) in [7, 11) is -14.7. The molecule has 5 unspecified atom stereocenters.